The van der Waals surface area contributed by atoms with Crippen LogP contribution < -0.4 is 5.32 Å². The second-order valence-corrected chi connectivity index (χ2v) is 7.41. The van der Waals surface area contributed by atoms with Gasteiger partial charge in [-0.25, -0.2) is 0 Å². The van der Waals surface area contributed by atoms with Crippen molar-refractivity contribution in [2.24, 2.45) is 0 Å². The SMILES string of the molecule is O=C(CC1(O)CCCCC1)Nc1ccccc1C(=O)N1CCCCC1. The van der Waals surface area contributed by atoms with Crippen LogP contribution in [0.2, 0.25) is 0 Å². The number of aliphatic hydroxyl groups is 1. The lowest BCUT2D eigenvalue weighted by atomic mass is 9.82. The maximum atomic E-state index is 12.8. The van der Waals surface area contributed by atoms with Gasteiger partial charge in [-0.3, -0.25) is 9.59 Å². The van der Waals surface area contributed by atoms with E-state index in [2.05, 4.69) is 5.32 Å². The summed E-state index contributed by atoms with van der Waals surface area (Å²) in [6, 6.07) is 7.17. The predicted molar refractivity (Wildman–Crippen MR) is 97.5 cm³/mol. The van der Waals surface area contributed by atoms with Crippen LogP contribution in [-0.2, 0) is 4.79 Å². The fourth-order valence-corrected chi connectivity index (χ4v) is 3.93. The molecule has 0 spiro atoms. The Kier molecular flexibility index (Phi) is 5.74. The first-order chi connectivity index (χ1) is 12.1. The summed E-state index contributed by atoms with van der Waals surface area (Å²) in [5.74, 6) is -0.240. The highest BCUT2D eigenvalue weighted by molar-refractivity contribution is 6.03. The largest absolute Gasteiger partial charge is 0.389 e. The molecule has 1 saturated heterocycles. The molecule has 0 aromatic heterocycles. The van der Waals surface area contributed by atoms with Crippen molar-refractivity contribution < 1.29 is 14.7 Å². The molecule has 1 saturated carbocycles. The number of hydrogen-bond donors (Lipinski definition) is 2. The van der Waals surface area contributed by atoms with E-state index in [0.717, 1.165) is 45.2 Å². The van der Waals surface area contributed by atoms with E-state index < -0.39 is 5.60 Å². The van der Waals surface area contributed by atoms with Crippen molar-refractivity contribution in [1.29, 1.82) is 0 Å². The molecule has 0 atom stereocenters. The second-order valence-electron chi connectivity index (χ2n) is 7.41. The van der Waals surface area contributed by atoms with E-state index in [1.54, 1.807) is 12.1 Å². The van der Waals surface area contributed by atoms with Gasteiger partial charge in [-0.05, 0) is 44.2 Å². The van der Waals surface area contributed by atoms with E-state index in [0.29, 0.717) is 24.1 Å². The van der Waals surface area contributed by atoms with Gasteiger partial charge >= 0.3 is 0 Å². The summed E-state index contributed by atoms with van der Waals surface area (Å²) in [5, 5.41) is 13.4. The molecular weight excluding hydrogens is 316 g/mol. The first-order valence-electron chi connectivity index (χ1n) is 9.48. The van der Waals surface area contributed by atoms with Crippen LogP contribution in [0.5, 0.6) is 0 Å². The van der Waals surface area contributed by atoms with Gasteiger partial charge in [0, 0.05) is 13.1 Å². The summed E-state index contributed by atoms with van der Waals surface area (Å²) >= 11 is 0. The Balaban J connectivity index is 1.67. The predicted octanol–water partition coefficient (Wildman–Crippen LogP) is 3.34. The lowest BCUT2D eigenvalue weighted by Gasteiger charge is -2.31. The lowest BCUT2D eigenvalue weighted by Crippen LogP contribution is -2.37. The van der Waals surface area contributed by atoms with Crippen molar-refractivity contribution >= 4 is 17.5 Å². The molecule has 3 rings (SSSR count). The molecule has 2 N–H and O–H groups in total. The van der Waals surface area contributed by atoms with Crippen LogP contribution in [0.1, 0.15) is 68.1 Å². The number of hydrogen-bond acceptors (Lipinski definition) is 3. The molecule has 1 aliphatic carbocycles. The molecule has 2 fully saturated rings. The van der Waals surface area contributed by atoms with Gasteiger partial charge in [-0.2, -0.15) is 0 Å². The normalized spacial score (nSPS) is 20.1. The van der Waals surface area contributed by atoms with Crippen molar-refractivity contribution in [3.8, 4) is 0 Å². The fourth-order valence-electron chi connectivity index (χ4n) is 3.93. The second kappa shape index (κ2) is 8.00. The van der Waals surface area contributed by atoms with E-state index in [4.69, 9.17) is 0 Å². The van der Waals surface area contributed by atoms with E-state index in [1.165, 1.54) is 6.42 Å². The van der Waals surface area contributed by atoms with Crippen LogP contribution in [0.4, 0.5) is 5.69 Å². The van der Waals surface area contributed by atoms with Gasteiger partial charge < -0.3 is 15.3 Å². The summed E-state index contributed by atoms with van der Waals surface area (Å²) in [7, 11) is 0. The van der Waals surface area contributed by atoms with Gasteiger partial charge in [-0.15, -0.1) is 0 Å². The van der Waals surface area contributed by atoms with E-state index in [1.807, 2.05) is 17.0 Å². The number of likely N-dealkylation sites (tertiary alicyclic amines) is 1. The number of anilines is 1. The van der Waals surface area contributed by atoms with Crippen LogP contribution in [-0.4, -0.2) is 40.5 Å². The first kappa shape index (κ1) is 17.9. The van der Waals surface area contributed by atoms with Crippen LogP contribution in [0.15, 0.2) is 24.3 Å². The average molecular weight is 344 g/mol. The molecule has 1 heterocycles. The Morgan fingerprint density at radius 2 is 1.64 bits per heavy atom. The van der Waals surface area contributed by atoms with Crippen molar-refractivity contribution in [3.05, 3.63) is 29.8 Å². The summed E-state index contributed by atoms with van der Waals surface area (Å²) in [4.78, 5) is 27.1. The maximum Gasteiger partial charge on any atom is 0.255 e. The van der Waals surface area contributed by atoms with Crippen LogP contribution in [0, 0.1) is 0 Å². The molecule has 5 nitrogen and oxygen atoms in total. The third-order valence-electron chi connectivity index (χ3n) is 5.35. The number of piperidine rings is 1. The van der Waals surface area contributed by atoms with Gasteiger partial charge in [0.1, 0.15) is 0 Å². The number of amides is 2. The number of para-hydroxylation sites is 1. The van der Waals surface area contributed by atoms with Gasteiger partial charge in [0.05, 0.1) is 23.3 Å². The van der Waals surface area contributed by atoms with Crippen molar-refractivity contribution in [2.45, 2.75) is 63.4 Å². The molecule has 2 amide bonds. The number of benzene rings is 1. The molecule has 136 valence electrons. The molecule has 1 aromatic rings. The smallest absolute Gasteiger partial charge is 0.255 e. The van der Waals surface area contributed by atoms with Crippen molar-refractivity contribution in [3.63, 3.8) is 0 Å². The number of carbonyl (C=O) groups excluding carboxylic acids is 2. The summed E-state index contributed by atoms with van der Waals surface area (Å²) in [6.07, 6.45) is 7.74. The molecule has 1 aromatic carbocycles. The third kappa shape index (κ3) is 4.60. The zero-order valence-electron chi connectivity index (χ0n) is 14.8. The first-order valence-corrected chi connectivity index (χ1v) is 9.48. The van der Waals surface area contributed by atoms with Crippen molar-refractivity contribution in [2.75, 3.05) is 18.4 Å². The molecule has 2 aliphatic rings. The van der Waals surface area contributed by atoms with Gasteiger partial charge in [0.15, 0.2) is 0 Å². The highest BCUT2D eigenvalue weighted by Gasteiger charge is 2.32. The highest BCUT2D eigenvalue weighted by atomic mass is 16.3. The lowest BCUT2D eigenvalue weighted by molar-refractivity contribution is -0.122. The highest BCUT2D eigenvalue weighted by Crippen LogP contribution is 2.31. The Labute approximate surface area is 149 Å². The minimum atomic E-state index is -0.895. The van der Waals surface area contributed by atoms with E-state index in [9.17, 15) is 14.7 Å². The number of carbonyl (C=O) groups is 2. The van der Waals surface area contributed by atoms with Gasteiger partial charge in [0.25, 0.3) is 5.91 Å². The summed E-state index contributed by atoms with van der Waals surface area (Å²) in [5.41, 5.74) is 0.185. The quantitative estimate of drug-likeness (QED) is 0.880. The molecule has 5 heteroatoms. The fraction of sp³-hybridized carbons (Fsp3) is 0.600. The van der Waals surface area contributed by atoms with Crippen molar-refractivity contribution in [1.82, 2.24) is 4.90 Å². The zero-order chi connectivity index (χ0) is 17.7. The van der Waals surface area contributed by atoms with Gasteiger partial charge in [0.2, 0.25) is 5.91 Å². The Morgan fingerprint density at radius 1 is 1.00 bits per heavy atom. The summed E-state index contributed by atoms with van der Waals surface area (Å²) in [6.45, 7) is 1.56. The molecular formula is C20H28N2O3. The standard InChI is InChI=1S/C20H28N2O3/c23-18(15-20(25)11-5-1-6-12-20)21-17-10-4-3-9-16(17)19(24)22-13-7-2-8-14-22/h3-4,9-10,25H,1-2,5-8,11-15H2,(H,21,23). The minimum absolute atomic E-state index is 0.0213. The monoisotopic (exact) mass is 344 g/mol. The average Bonchev–Trinajstić information content (AvgIpc) is 2.62. The molecule has 1 aliphatic heterocycles. The summed E-state index contributed by atoms with van der Waals surface area (Å²) < 4.78 is 0. The minimum Gasteiger partial charge on any atom is -0.389 e. The Bertz CT molecular complexity index is 617. The van der Waals surface area contributed by atoms with E-state index >= 15 is 0 Å². The Morgan fingerprint density at radius 3 is 2.36 bits per heavy atom. The number of nitrogens with one attached hydrogen (secondary N) is 1. The zero-order valence-corrected chi connectivity index (χ0v) is 14.8. The van der Waals surface area contributed by atoms with Gasteiger partial charge in [-0.1, -0.05) is 31.4 Å². The van der Waals surface area contributed by atoms with E-state index in [-0.39, 0.29) is 18.2 Å². The Hall–Kier alpha value is -1.88. The third-order valence-corrected chi connectivity index (χ3v) is 5.35. The van der Waals surface area contributed by atoms with Crippen LogP contribution in [0.25, 0.3) is 0 Å². The maximum absolute atomic E-state index is 12.8. The molecule has 25 heavy (non-hydrogen) atoms. The molecule has 0 unspecified atom stereocenters. The number of nitrogens with zero attached hydrogens (tertiary/aromatic N) is 1. The topological polar surface area (TPSA) is 69.6 Å². The molecule has 0 radical (unpaired) electrons. The van der Waals surface area contributed by atoms with Crippen LogP contribution >= 0.6 is 0 Å². The number of rotatable bonds is 4. The van der Waals surface area contributed by atoms with Crippen LogP contribution in [0.3, 0.4) is 0 Å². The molecule has 0 bridgehead atoms.